The predicted octanol–water partition coefficient (Wildman–Crippen LogP) is 2.00. The van der Waals surface area contributed by atoms with Gasteiger partial charge in [-0.3, -0.25) is 0 Å². The van der Waals surface area contributed by atoms with E-state index in [1.165, 1.54) is 24.3 Å². The van der Waals surface area contributed by atoms with Crippen LogP contribution in [0, 0.1) is 0 Å². The molecule has 5 nitrogen and oxygen atoms in total. The molecule has 0 heterocycles. The molecule has 0 saturated carbocycles. The standard InChI is InChI=1S/C11H16ClNO4S2/c1-8(2)19(16,17)13-9(3)10-4-6-11(7-5-10)18(12,14)15/h4-9,13H,1-3H3. The van der Waals surface area contributed by atoms with E-state index in [0.29, 0.717) is 5.56 Å². The van der Waals surface area contributed by atoms with Crippen molar-refractivity contribution >= 4 is 29.8 Å². The lowest BCUT2D eigenvalue weighted by molar-refractivity contribution is 0.557. The van der Waals surface area contributed by atoms with E-state index in [0.717, 1.165) is 0 Å². The monoisotopic (exact) mass is 325 g/mol. The first-order chi connectivity index (χ1) is 8.54. The van der Waals surface area contributed by atoms with Gasteiger partial charge < -0.3 is 0 Å². The van der Waals surface area contributed by atoms with Gasteiger partial charge in [-0.05, 0) is 38.5 Å². The Morgan fingerprint density at radius 1 is 1.00 bits per heavy atom. The topological polar surface area (TPSA) is 80.3 Å². The Bertz CT molecular complexity index is 636. The van der Waals surface area contributed by atoms with Crippen molar-refractivity contribution in [2.45, 2.75) is 37.0 Å². The highest BCUT2D eigenvalue weighted by Crippen LogP contribution is 2.19. The molecule has 0 aliphatic heterocycles. The summed E-state index contributed by atoms with van der Waals surface area (Å²) in [5.41, 5.74) is 0.660. The van der Waals surface area contributed by atoms with Crippen LogP contribution in [0.2, 0.25) is 0 Å². The molecule has 1 atom stereocenters. The summed E-state index contributed by atoms with van der Waals surface area (Å²) in [6, 6.07) is 5.31. The summed E-state index contributed by atoms with van der Waals surface area (Å²) in [5.74, 6) is 0. The number of nitrogens with one attached hydrogen (secondary N) is 1. The van der Waals surface area contributed by atoms with Gasteiger partial charge in [0.2, 0.25) is 10.0 Å². The Kier molecular flexibility index (Phi) is 5.00. The molecule has 0 aromatic heterocycles. The highest BCUT2D eigenvalue weighted by Gasteiger charge is 2.20. The zero-order chi connectivity index (χ0) is 14.8. The van der Waals surface area contributed by atoms with E-state index >= 15 is 0 Å². The highest BCUT2D eigenvalue weighted by molar-refractivity contribution is 8.13. The Morgan fingerprint density at radius 2 is 1.47 bits per heavy atom. The van der Waals surface area contributed by atoms with E-state index in [1.54, 1.807) is 20.8 Å². The maximum atomic E-state index is 11.7. The predicted molar refractivity (Wildman–Crippen MR) is 75.1 cm³/mol. The smallest absolute Gasteiger partial charge is 0.212 e. The van der Waals surface area contributed by atoms with E-state index in [2.05, 4.69) is 4.72 Å². The molecule has 0 saturated heterocycles. The first-order valence-electron chi connectivity index (χ1n) is 5.60. The van der Waals surface area contributed by atoms with Crippen molar-refractivity contribution in [3.8, 4) is 0 Å². The van der Waals surface area contributed by atoms with E-state index < -0.39 is 30.4 Å². The summed E-state index contributed by atoms with van der Waals surface area (Å²) in [6.07, 6.45) is 0. The lowest BCUT2D eigenvalue weighted by Crippen LogP contribution is -2.32. The average molecular weight is 326 g/mol. The van der Waals surface area contributed by atoms with Gasteiger partial charge >= 0.3 is 0 Å². The SMILES string of the molecule is CC(NS(=O)(=O)C(C)C)c1ccc(S(=O)(=O)Cl)cc1. The molecule has 0 radical (unpaired) electrons. The van der Waals surface area contributed by atoms with Crippen molar-refractivity contribution in [2.24, 2.45) is 0 Å². The molecule has 0 fully saturated rings. The van der Waals surface area contributed by atoms with Gasteiger partial charge in [-0.25, -0.2) is 21.6 Å². The van der Waals surface area contributed by atoms with Gasteiger partial charge in [-0.2, -0.15) is 0 Å². The first kappa shape index (κ1) is 16.4. The molecule has 19 heavy (non-hydrogen) atoms. The second-order valence-electron chi connectivity index (χ2n) is 4.44. The minimum atomic E-state index is -3.76. The number of rotatable bonds is 5. The largest absolute Gasteiger partial charge is 0.261 e. The van der Waals surface area contributed by atoms with Gasteiger partial charge in [0.05, 0.1) is 10.1 Å². The molecular weight excluding hydrogens is 310 g/mol. The quantitative estimate of drug-likeness (QED) is 0.840. The highest BCUT2D eigenvalue weighted by atomic mass is 35.7. The second-order valence-corrected chi connectivity index (χ2v) is 9.27. The fourth-order valence-electron chi connectivity index (χ4n) is 1.37. The molecule has 1 aromatic carbocycles. The van der Waals surface area contributed by atoms with Crippen LogP contribution in [-0.2, 0) is 19.1 Å². The summed E-state index contributed by atoms with van der Waals surface area (Å²) >= 11 is 0. The Hall–Kier alpha value is -0.630. The average Bonchev–Trinajstić information content (AvgIpc) is 2.27. The van der Waals surface area contributed by atoms with E-state index in [9.17, 15) is 16.8 Å². The third-order valence-electron chi connectivity index (χ3n) is 2.62. The molecule has 1 aromatic rings. The molecule has 0 amide bonds. The lowest BCUT2D eigenvalue weighted by Gasteiger charge is -2.16. The van der Waals surface area contributed by atoms with E-state index in [-0.39, 0.29) is 4.90 Å². The van der Waals surface area contributed by atoms with Gasteiger partial charge in [-0.1, -0.05) is 12.1 Å². The van der Waals surface area contributed by atoms with Crippen molar-refractivity contribution in [3.63, 3.8) is 0 Å². The van der Waals surface area contributed by atoms with Gasteiger partial charge in [0.15, 0.2) is 0 Å². The first-order valence-corrected chi connectivity index (χ1v) is 9.45. The van der Waals surface area contributed by atoms with Crippen molar-refractivity contribution in [3.05, 3.63) is 29.8 Å². The zero-order valence-corrected chi connectivity index (χ0v) is 13.2. The van der Waals surface area contributed by atoms with Gasteiger partial charge in [0.25, 0.3) is 9.05 Å². The third kappa shape index (κ3) is 4.45. The number of hydrogen-bond donors (Lipinski definition) is 1. The Morgan fingerprint density at radius 3 is 1.84 bits per heavy atom. The summed E-state index contributed by atoms with van der Waals surface area (Å²) in [5, 5.41) is -0.530. The molecule has 108 valence electrons. The summed E-state index contributed by atoms with van der Waals surface area (Å²) in [4.78, 5) is -0.0168. The maximum absolute atomic E-state index is 11.7. The number of benzene rings is 1. The molecule has 0 bridgehead atoms. The van der Waals surface area contributed by atoms with Crippen molar-refractivity contribution in [2.75, 3.05) is 0 Å². The zero-order valence-electron chi connectivity index (χ0n) is 10.8. The molecule has 0 aliphatic carbocycles. The minimum absolute atomic E-state index is 0.0168. The Balaban J connectivity index is 2.94. The van der Waals surface area contributed by atoms with Gasteiger partial charge in [-0.15, -0.1) is 0 Å². The van der Waals surface area contributed by atoms with Crippen LogP contribution in [0.3, 0.4) is 0 Å². The van der Waals surface area contributed by atoms with Crippen LogP contribution >= 0.6 is 10.7 Å². The van der Waals surface area contributed by atoms with Crippen molar-refractivity contribution < 1.29 is 16.8 Å². The minimum Gasteiger partial charge on any atom is -0.212 e. The van der Waals surface area contributed by atoms with Gasteiger partial charge in [0.1, 0.15) is 0 Å². The van der Waals surface area contributed by atoms with Crippen LogP contribution in [0.1, 0.15) is 32.4 Å². The summed E-state index contributed by atoms with van der Waals surface area (Å²) in [7, 11) is -1.94. The molecule has 1 unspecified atom stereocenters. The molecule has 0 aliphatic rings. The van der Waals surface area contributed by atoms with Crippen LogP contribution in [0.4, 0.5) is 0 Å². The van der Waals surface area contributed by atoms with E-state index in [4.69, 9.17) is 10.7 Å². The van der Waals surface area contributed by atoms with E-state index in [1.807, 2.05) is 0 Å². The molecule has 8 heteroatoms. The fraction of sp³-hybridized carbons (Fsp3) is 0.455. The van der Waals surface area contributed by atoms with Crippen LogP contribution in [0.5, 0.6) is 0 Å². The molecule has 1 N–H and O–H groups in total. The lowest BCUT2D eigenvalue weighted by atomic mass is 10.1. The van der Waals surface area contributed by atoms with Crippen LogP contribution in [0.15, 0.2) is 29.2 Å². The third-order valence-corrected chi connectivity index (χ3v) is 5.92. The molecule has 1 rings (SSSR count). The van der Waals surface area contributed by atoms with Crippen LogP contribution in [0.25, 0.3) is 0 Å². The van der Waals surface area contributed by atoms with Crippen LogP contribution in [-0.4, -0.2) is 22.1 Å². The summed E-state index contributed by atoms with van der Waals surface area (Å²) < 4.78 is 48.1. The molecular formula is C11H16ClNO4S2. The van der Waals surface area contributed by atoms with Crippen molar-refractivity contribution in [1.29, 1.82) is 0 Å². The second kappa shape index (κ2) is 5.78. The number of sulfonamides is 1. The van der Waals surface area contributed by atoms with Crippen LogP contribution < -0.4 is 4.72 Å². The number of hydrogen-bond acceptors (Lipinski definition) is 4. The van der Waals surface area contributed by atoms with Gasteiger partial charge in [0, 0.05) is 16.7 Å². The Labute approximate surface area is 118 Å². The number of halogens is 1. The van der Waals surface area contributed by atoms with Crippen molar-refractivity contribution in [1.82, 2.24) is 4.72 Å². The molecule has 0 spiro atoms. The summed E-state index contributed by atoms with van der Waals surface area (Å²) in [6.45, 7) is 4.85. The normalized spacial score (nSPS) is 14.6. The fourth-order valence-corrected chi connectivity index (χ4v) is 3.04. The maximum Gasteiger partial charge on any atom is 0.261 e.